The van der Waals surface area contributed by atoms with Crippen molar-refractivity contribution in [3.05, 3.63) is 188 Å². The Morgan fingerprint density at radius 1 is 0.327 bits per heavy atom. The van der Waals surface area contributed by atoms with Gasteiger partial charge in [0, 0.05) is 27.1 Å². The molecule has 0 spiro atoms. The molecule has 55 heavy (non-hydrogen) atoms. The van der Waals surface area contributed by atoms with E-state index in [4.69, 9.17) is 9.97 Å². The molecule has 3 heteroatoms. The van der Waals surface area contributed by atoms with E-state index in [0.717, 1.165) is 49.9 Å². The molecule has 0 aliphatic rings. The first-order valence-electron chi connectivity index (χ1n) is 18.8. The average Bonchev–Trinajstić information content (AvgIpc) is 3.58. The van der Waals surface area contributed by atoms with Crippen LogP contribution in [0.2, 0.25) is 0 Å². The van der Waals surface area contributed by atoms with Crippen molar-refractivity contribution in [2.45, 2.75) is 0 Å². The summed E-state index contributed by atoms with van der Waals surface area (Å²) < 4.78 is 2.38. The number of aromatic nitrogens is 3. The number of hydrogen-bond donors (Lipinski definition) is 0. The molecule has 0 bridgehead atoms. The largest absolute Gasteiger partial charge is 0.292 e. The summed E-state index contributed by atoms with van der Waals surface area (Å²) in [7, 11) is 0. The van der Waals surface area contributed by atoms with Crippen LogP contribution in [0, 0.1) is 0 Å². The average molecular weight is 698 g/mol. The third-order valence-electron chi connectivity index (χ3n) is 11.5. The SMILES string of the molecule is c1ccc(-c2ccc(-c3nc4ccc5ccccc5c4nc3-n3c4cc5ccccc5cc4c4c5c6ccccc6c6ccccc6c5ccc43)cc2)cc1. The molecule has 0 aliphatic heterocycles. The van der Waals surface area contributed by atoms with Gasteiger partial charge in [0.25, 0.3) is 0 Å². The minimum Gasteiger partial charge on any atom is -0.292 e. The first kappa shape index (κ1) is 30.1. The Labute approximate surface area is 316 Å². The van der Waals surface area contributed by atoms with Crippen molar-refractivity contribution < 1.29 is 0 Å². The fourth-order valence-corrected chi connectivity index (χ4v) is 9.00. The van der Waals surface area contributed by atoms with Gasteiger partial charge >= 0.3 is 0 Å². The zero-order valence-electron chi connectivity index (χ0n) is 29.7. The predicted octanol–water partition coefficient (Wildman–Crippen LogP) is 13.8. The first-order chi connectivity index (χ1) is 27.3. The van der Waals surface area contributed by atoms with E-state index in [9.17, 15) is 0 Å². The van der Waals surface area contributed by atoms with Crippen LogP contribution in [-0.2, 0) is 0 Å². The molecular formula is C52H31N3. The fraction of sp³-hybridized carbons (Fsp3) is 0. The molecule has 0 saturated heterocycles. The normalized spacial score (nSPS) is 12.0. The van der Waals surface area contributed by atoms with E-state index >= 15 is 0 Å². The van der Waals surface area contributed by atoms with Crippen LogP contribution < -0.4 is 0 Å². The Bertz CT molecular complexity index is 3490. The second-order valence-electron chi connectivity index (χ2n) is 14.5. The van der Waals surface area contributed by atoms with E-state index in [1.54, 1.807) is 0 Å². The Morgan fingerprint density at radius 3 is 1.64 bits per heavy atom. The second-order valence-corrected chi connectivity index (χ2v) is 14.5. The molecule has 2 aromatic heterocycles. The minimum atomic E-state index is 0.816. The summed E-state index contributed by atoms with van der Waals surface area (Å²) in [6.45, 7) is 0. The summed E-state index contributed by atoms with van der Waals surface area (Å²) in [4.78, 5) is 11.2. The number of hydrogen-bond acceptors (Lipinski definition) is 2. The minimum absolute atomic E-state index is 0.816. The number of nitrogens with zero attached hydrogens (tertiary/aromatic N) is 3. The molecule has 12 aromatic rings. The van der Waals surface area contributed by atoms with E-state index < -0.39 is 0 Å². The summed E-state index contributed by atoms with van der Waals surface area (Å²) >= 11 is 0. The smallest absolute Gasteiger partial charge is 0.165 e. The molecule has 10 aromatic carbocycles. The molecule has 3 nitrogen and oxygen atoms in total. The van der Waals surface area contributed by atoms with Gasteiger partial charge < -0.3 is 0 Å². The lowest BCUT2D eigenvalue weighted by Gasteiger charge is -2.16. The molecule has 0 atom stereocenters. The van der Waals surface area contributed by atoms with Gasteiger partial charge in [0.05, 0.1) is 22.1 Å². The maximum atomic E-state index is 5.68. The summed E-state index contributed by atoms with van der Waals surface area (Å²) in [5.74, 6) is 0.816. The van der Waals surface area contributed by atoms with E-state index in [1.165, 1.54) is 65.0 Å². The molecule has 0 N–H and O–H groups in total. The zero-order valence-corrected chi connectivity index (χ0v) is 29.7. The maximum absolute atomic E-state index is 5.68. The third-order valence-corrected chi connectivity index (χ3v) is 11.5. The fourth-order valence-electron chi connectivity index (χ4n) is 9.00. The summed E-state index contributed by atoms with van der Waals surface area (Å²) in [5, 5.41) is 14.6. The van der Waals surface area contributed by atoms with Gasteiger partial charge in [0.2, 0.25) is 0 Å². The van der Waals surface area contributed by atoms with Crippen LogP contribution in [0.5, 0.6) is 0 Å². The molecular weight excluding hydrogens is 667 g/mol. The van der Waals surface area contributed by atoms with Crippen LogP contribution in [0.15, 0.2) is 188 Å². The Hall–Kier alpha value is -7.36. The van der Waals surface area contributed by atoms with Crippen LogP contribution in [0.1, 0.15) is 0 Å². The summed E-state index contributed by atoms with van der Waals surface area (Å²) in [6.07, 6.45) is 0. The molecule has 0 unspecified atom stereocenters. The molecule has 0 fully saturated rings. The first-order valence-corrected chi connectivity index (χ1v) is 18.8. The number of rotatable bonds is 3. The quantitative estimate of drug-likeness (QED) is 0.172. The molecule has 254 valence electrons. The van der Waals surface area contributed by atoms with E-state index in [2.05, 4.69) is 193 Å². The van der Waals surface area contributed by atoms with Crippen molar-refractivity contribution in [3.63, 3.8) is 0 Å². The van der Waals surface area contributed by atoms with Crippen LogP contribution in [0.3, 0.4) is 0 Å². The van der Waals surface area contributed by atoms with Crippen molar-refractivity contribution in [1.29, 1.82) is 0 Å². The molecule has 0 saturated carbocycles. The van der Waals surface area contributed by atoms with Gasteiger partial charge in [0.15, 0.2) is 5.82 Å². The summed E-state index contributed by atoms with van der Waals surface area (Å²) in [5.41, 5.74) is 8.20. The molecule has 0 amide bonds. The van der Waals surface area contributed by atoms with E-state index in [-0.39, 0.29) is 0 Å². The molecule has 12 rings (SSSR count). The van der Waals surface area contributed by atoms with Crippen molar-refractivity contribution in [2.24, 2.45) is 0 Å². The summed E-state index contributed by atoms with van der Waals surface area (Å²) in [6, 6.07) is 67.8. The Balaban J connectivity index is 1.27. The Kier molecular flexibility index (Phi) is 6.34. The zero-order chi connectivity index (χ0) is 36.0. The predicted molar refractivity (Wildman–Crippen MR) is 232 cm³/mol. The number of fused-ring (bicyclic) bond motifs is 14. The van der Waals surface area contributed by atoms with Crippen molar-refractivity contribution in [2.75, 3.05) is 0 Å². The van der Waals surface area contributed by atoms with Crippen LogP contribution in [0.25, 0.3) is 115 Å². The highest BCUT2D eigenvalue weighted by molar-refractivity contribution is 6.35. The van der Waals surface area contributed by atoms with Gasteiger partial charge in [0.1, 0.15) is 5.69 Å². The lowest BCUT2D eigenvalue weighted by molar-refractivity contribution is 1.08. The topological polar surface area (TPSA) is 30.7 Å². The van der Waals surface area contributed by atoms with Crippen molar-refractivity contribution in [1.82, 2.24) is 14.5 Å². The van der Waals surface area contributed by atoms with Gasteiger partial charge in [-0.2, -0.15) is 0 Å². The van der Waals surface area contributed by atoms with Gasteiger partial charge in [-0.1, -0.05) is 164 Å². The van der Waals surface area contributed by atoms with Crippen molar-refractivity contribution in [3.8, 4) is 28.2 Å². The maximum Gasteiger partial charge on any atom is 0.165 e. The standard InChI is InChI=1S/C52H31N3/c1-2-12-32(13-3-1)33-22-24-35(25-23-33)50-52(54-51-38-17-7-6-14-34(38)26-28-45(51)53-50)55-46-29-27-43-41-20-9-8-18-39(41)40-19-10-11-21-42(40)48(43)49(46)44-30-36-15-4-5-16-37(36)31-47(44)55/h1-31H. The van der Waals surface area contributed by atoms with E-state index in [1.807, 2.05) is 0 Å². The van der Waals surface area contributed by atoms with Gasteiger partial charge in [-0.3, -0.25) is 4.57 Å². The van der Waals surface area contributed by atoms with Gasteiger partial charge in [-0.05, 0) is 78.5 Å². The highest BCUT2D eigenvalue weighted by Crippen LogP contribution is 2.45. The lowest BCUT2D eigenvalue weighted by Crippen LogP contribution is -2.04. The van der Waals surface area contributed by atoms with Gasteiger partial charge in [-0.25, -0.2) is 9.97 Å². The molecule has 0 aliphatic carbocycles. The lowest BCUT2D eigenvalue weighted by atomic mass is 9.91. The highest BCUT2D eigenvalue weighted by Gasteiger charge is 2.23. The monoisotopic (exact) mass is 697 g/mol. The second kappa shape index (κ2) is 11.6. The highest BCUT2D eigenvalue weighted by atomic mass is 15.1. The van der Waals surface area contributed by atoms with Gasteiger partial charge in [-0.15, -0.1) is 0 Å². The van der Waals surface area contributed by atoms with Crippen molar-refractivity contribution >= 4 is 86.7 Å². The third kappa shape index (κ3) is 4.44. The van der Waals surface area contributed by atoms with E-state index in [0.29, 0.717) is 0 Å². The molecule has 2 heterocycles. The molecule has 0 radical (unpaired) electrons. The van der Waals surface area contributed by atoms with Crippen LogP contribution >= 0.6 is 0 Å². The van der Waals surface area contributed by atoms with Crippen LogP contribution in [0.4, 0.5) is 0 Å². The number of benzene rings is 10. The van der Waals surface area contributed by atoms with Crippen LogP contribution in [-0.4, -0.2) is 14.5 Å². The Morgan fingerprint density at radius 2 is 0.891 bits per heavy atom.